The van der Waals surface area contributed by atoms with Crippen molar-refractivity contribution in [2.75, 3.05) is 24.2 Å². The van der Waals surface area contributed by atoms with Crippen molar-refractivity contribution < 1.29 is 9.13 Å². The first kappa shape index (κ1) is 21.4. The number of ether oxygens (including phenoxy) is 1. The summed E-state index contributed by atoms with van der Waals surface area (Å²) in [6.07, 6.45) is 0. The molecule has 0 bridgehead atoms. The molecule has 0 atom stereocenters. The van der Waals surface area contributed by atoms with Crippen LogP contribution in [0.1, 0.15) is 5.56 Å². The van der Waals surface area contributed by atoms with Crippen molar-refractivity contribution >= 4 is 22.8 Å². The summed E-state index contributed by atoms with van der Waals surface area (Å²) in [5.41, 5.74) is 10.2. The highest BCUT2D eigenvalue weighted by molar-refractivity contribution is 5.99. The lowest BCUT2D eigenvalue weighted by atomic mass is 10.1. The number of nitrogens with zero attached hydrogens (tertiary/aromatic N) is 4. The number of aryl methyl sites for hydroxylation is 1. The monoisotopic (exact) mass is 454 g/mol. The van der Waals surface area contributed by atoms with Gasteiger partial charge in [0.25, 0.3) is 0 Å². The summed E-state index contributed by atoms with van der Waals surface area (Å²) >= 11 is 0. The van der Waals surface area contributed by atoms with Gasteiger partial charge in [0.1, 0.15) is 24.0 Å². The third-order valence-electron chi connectivity index (χ3n) is 5.33. The van der Waals surface area contributed by atoms with Crippen molar-refractivity contribution in [1.82, 2.24) is 19.7 Å². The summed E-state index contributed by atoms with van der Waals surface area (Å²) in [7, 11) is 0. The van der Waals surface area contributed by atoms with Gasteiger partial charge in [-0.05, 0) is 61.0 Å². The summed E-state index contributed by atoms with van der Waals surface area (Å²) in [4.78, 5) is 9.29. The number of aromatic nitrogens is 4. The quantitative estimate of drug-likeness (QED) is 0.336. The van der Waals surface area contributed by atoms with Crippen LogP contribution in [0.15, 0.2) is 78.9 Å². The van der Waals surface area contributed by atoms with E-state index in [1.165, 1.54) is 12.1 Å². The Morgan fingerprint density at radius 3 is 2.53 bits per heavy atom. The van der Waals surface area contributed by atoms with Gasteiger partial charge < -0.3 is 15.8 Å². The molecular weight excluding hydrogens is 431 g/mol. The van der Waals surface area contributed by atoms with E-state index in [1.54, 1.807) is 16.8 Å². The number of rotatable bonds is 7. The van der Waals surface area contributed by atoms with Crippen LogP contribution in [0.25, 0.3) is 28.0 Å². The molecule has 34 heavy (non-hydrogen) atoms. The van der Waals surface area contributed by atoms with Crippen LogP contribution in [-0.2, 0) is 0 Å². The van der Waals surface area contributed by atoms with Gasteiger partial charge in [-0.3, -0.25) is 0 Å². The van der Waals surface area contributed by atoms with Crippen LogP contribution in [0, 0.1) is 12.7 Å². The van der Waals surface area contributed by atoms with E-state index in [0.717, 1.165) is 17.0 Å². The van der Waals surface area contributed by atoms with E-state index >= 15 is 0 Å². The molecule has 2 heterocycles. The number of fused-ring (bicyclic) bond motifs is 1. The van der Waals surface area contributed by atoms with Crippen LogP contribution in [0.4, 0.5) is 16.2 Å². The Kier molecular flexibility index (Phi) is 5.78. The molecule has 8 heteroatoms. The van der Waals surface area contributed by atoms with Crippen LogP contribution in [0.5, 0.6) is 5.75 Å². The van der Waals surface area contributed by atoms with Crippen LogP contribution in [0.2, 0.25) is 0 Å². The minimum atomic E-state index is -0.325. The standard InChI is InChI=1S/C26H23FN6O/c1-17-6-5-7-20(16-17)33-24(28)22-23(18-10-12-19(27)13-11-18)30-26(31-25(22)32-33)29-14-15-34-21-8-3-2-4-9-21/h2-13,16H,14-15,28H2,1H3,(H,29,31,32). The predicted molar refractivity (Wildman–Crippen MR) is 132 cm³/mol. The molecular formula is C26H23FN6O. The third kappa shape index (κ3) is 4.38. The van der Waals surface area contributed by atoms with Crippen LogP contribution >= 0.6 is 0 Å². The first-order valence-corrected chi connectivity index (χ1v) is 10.9. The van der Waals surface area contributed by atoms with Crippen molar-refractivity contribution in [3.05, 3.63) is 90.2 Å². The lowest BCUT2D eigenvalue weighted by Crippen LogP contribution is -2.13. The SMILES string of the molecule is Cc1cccc(-n2nc3nc(NCCOc4ccccc4)nc(-c4ccc(F)cc4)c3c2N)c1. The van der Waals surface area contributed by atoms with Crippen molar-refractivity contribution in [3.63, 3.8) is 0 Å². The maximum atomic E-state index is 13.6. The number of nitrogens with two attached hydrogens (primary N) is 1. The lowest BCUT2D eigenvalue weighted by Gasteiger charge is -2.10. The van der Waals surface area contributed by atoms with Crippen LogP contribution < -0.4 is 15.8 Å². The van der Waals surface area contributed by atoms with Crippen LogP contribution in [0.3, 0.4) is 0 Å². The smallest absolute Gasteiger partial charge is 0.225 e. The number of para-hydroxylation sites is 1. The van der Waals surface area contributed by atoms with E-state index in [9.17, 15) is 4.39 Å². The molecule has 0 amide bonds. The van der Waals surface area contributed by atoms with Gasteiger partial charge in [0.05, 0.1) is 23.3 Å². The second-order valence-corrected chi connectivity index (χ2v) is 7.83. The second kappa shape index (κ2) is 9.19. The summed E-state index contributed by atoms with van der Waals surface area (Å²) in [5.74, 6) is 1.27. The van der Waals surface area contributed by atoms with E-state index < -0.39 is 0 Å². The molecule has 0 aliphatic carbocycles. The van der Waals surface area contributed by atoms with Crippen molar-refractivity contribution in [2.45, 2.75) is 6.92 Å². The third-order valence-corrected chi connectivity index (χ3v) is 5.33. The van der Waals surface area contributed by atoms with Gasteiger partial charge in [-0.2, -0.15) is 4.98 Å². The minimum Gasteiger partial charge on any atom is -0.492 e. The zero-order valence-electron chi connectivity index (χ0n) is 18.6. The van der Waals surface area contributed by atoms with Gasteiger partial charge in [-0.15, -0.1) is 5.10 Å². The van der Waals surface area contributed by atoms with E-state index in [-0.39, 0.29) is 5.82 Å². The molecule has 0 saturated heterocycles. The Morgan fingerprint density at radius 1 is 0.971 bits per heavy atom. The molecule has 5 rings (SSSR count). The number of nitrogen functional groups attached to an aromatic ring is 1. The fourth-order valence-electron chi connectivity index (χ4n) is 3.71. The zero-order chi connectivity index (χ0) is 23.5. The maximum absolute atomic E-state index is 13.6. The summed E-state index contributed by atoms with van der Waals surface area (Å²) in [5, 5.41) is 8.46. The molecule has 0 fully saturated rings. The molecule has 0 aliphatic heterocycles. The Bertz CT molecular complexity index is 1430. The van der Waals surface area contributed by atoms with Crippen LogP contribution in [-0.4, -0.2) is 32.9 Å². The summed E-state index contributed by atoms with van der Waals surface area (Å²) in [6.45, 7) is 2.92. The summed E-state index contributed by atoms with van der Waals surface area (Å²) in [6, 6.07) is 23.6. The average molecular weight is 455 g/mol. The fourth-order valence-corrected chi connectivity index (χ4v) is 3.71. The molecule has 2 aromatic heterocycles. The zero-order valence-corrected chi connectivity index (χ0v) is 18.6. The van der Waals surface area contributed by atoms with Gasteiger partial charge in [0.2, 0.25) is 5.95 Å². The summed E-state index contributed by atoms with van der Waals surface area (Å²) < 4.78 is 21.0. The number of anilines is 2. The van der Waals surface area contributed by atoms with E-state index in [4.69, 9.17) is 15.5 Å². The topological polar surface area (TPSA) is 90.9 Å². The first-order valence-electron chi connectivity index (χ1n) is 10.9. The fraction of sp³-hybridized carbons (Fsp3) is 0.115. The van der Waals surface area contributed by atoms with Gasteiger partial charge in [-0.1, -0.05) is 30.3 Å². The van der Waals surface area contributed by atoms with Gasteiger partial charge >= 0.3 is 0 Å². The van der Waals surface area contributed by atoms with Gasteiger partial charge in [0, 0.05) is 5.56 Å². The van der Waals surface area contributed by atoms with Gasteiger partial charge in [-0.25, -0.2) is 14.1 Å². The van der Waals surface area contributed by atoms with Gasteiger partial charge in [0.15, 0.2) is 5.65 Å². The molecule has 5 aromatic rings. The second-order valence-electron chi connectivity index (χ2n) is 7.83. The van der Waals surface area contributed by atoms with E-state index in [0.29, 0.717) is 47.2 Å². The number of halogens is 1. The highest BCUT2D eigenvalue weighted by Gasteiger charge is 2.19. The first-order chi connectivity index (χ1) is 16.6. The number of nitrogens with one attached hydrogen (secondary N) is 1. The Hall–Kier alpha value is -4.46. The molecule has 7 nitrogen and oxygen atoms in total. The number of hydrogen-bond donors (Lipinski definition) is 2. The number of hydrogen-bond acceptors (Lipinski definition) is 6. The van der Waals surface area contributed by atoms with Crippen molar-refractivity contribution in [2.24, 2.45) is 0 Å². The van der Waals surface area contributed by atoms with Crippen molar-refractivity contribution in [1.29, 1.82) is 0 Å². The highest BCUT2D eigenvalue weighted by Crippen LogP contribution is 2.33. The minimum absolute atomic E-state index is 0.325. The Labute approximate surface area is 196 Å². The highest BCUT2D eigenvalue weighted by atomic mass is 19.1. The molecule has 0 aliphatic rings. The molecule has 3 N–H and O–H groups in total. The number of benzene rings is 3. The maximum Gasteiger partial charge on any atom is 0.225 e. The molecule has 0 spiro atoms. The lowest BCUT2D eigenvalue weighted by molar-refractivity contribution is 0.332. The Balaban J connectivity index is 1.51. The Morgan fingerprint density at radius 2 is 1.76 bits per heavy atom. The molecule has 0 radical (unpaired) electrons. The molecule has 170 valence electrons. The average Bonchev–Trinajstić information content (AvgIpc) is 3.19. The van der Waals surface area contributed by atoms with Crippen molar-refractivity contribution in [3.8, 4) is 22.7 Å². The van der Waals surface area contributed by atoms with E-state index in [2.05, 4.69) is 15.4 Å². The molecule has 3 aromatic carbocycles. The predicted octanol–water partition coefficient (Wildman–Crippen LogP) is 5.00. The molecule has 0 saturated carbocycles. The molecule has 0 unspecified atom stereocenters. The normalized spacial score (nSPS) is 11.0. The van der Waals surface area contributed by atoms with E-state index in [1.807, 2.05) is 61.5 Å². The largest absolute Gasteiger partial charge is 0.492 e.